The molecule has 1 atom stereocenters. The van der Waals surface area contributed by atoms with Gasteiger partial charge in [0.1, 0.15) is 6.20 Å². The van der Waals surface area contributed by atoms with Crippen LogP contribution < -0.4 is 0 Å². The predicted molar refractivity (Wildman–Crippen MR) is 103 cm³/mol. The molecule has 11 nitrogen and oxygen atoms in total. The zero-order valence-corrected chi connectivity index (χ0v) is 16.4. The first-order chi connectivity index (χ1) is 13.5. The largest absolute Gasteiger partial charge is 0.478 e. The van der Waals surface area contributed by atoms with Crippen LogP contribution >= 0.6 is 0 Å². The zero-order chi connectivity index (χ0) is 22.1. The second-order valence-corrected chi connectivity index (χ2v) is 6.80. The van der Waals surface area contributed by atoms with Crippen molar-refractivity contribution >= 4 is 23.5 Å². The van der Waals surface area contributed by atoms with Crippen molar-refractivity contribution in [2.75, 3.05) is 34.2 Å². The lowest BCUT2D eigenvalue weighted by Gasteiger charge is -2.21. The summed E-state index contributed by atoms with van der Waals surface area (Å²) >= 11 is 0. The fourth-order valence-electron chi connectivity index (χ4n) is 2.72. The number of carbonyl (C=O) groups is 3. The molecule has 2 rings (SSSR count). The molecule has 1 aliphatic rings. The molecular formula is C18H24N4O7. The summed E-state index contributed by atoms with van der Waals surface area (Å²) in [5.41, 5.74) is 0.889. The van der Waals surface area contributed by atoms with Crippen molar-refractivity contribution in [1.82, 2.24) is 14.8 Å². The third-order valence-electron chi connectivity index (χ3n) is 4.11. The number of carboxylic acids is 2. The van der Waals surface area contributed by atoms with Crippen molar-refractivity contribution in [3.8, 4) is 0 Å². The average molecular weight is 408 g/mol. The Morgan fingerprint density at radius 2 is 1.93 bits per heavy atom. The highest BCUT2D eigenvalue weighted by Gasteiger charge is 2.28. The van der Waals surface area contributed by atoms with Crippen LogP contribution in [0.15, 0.2) is 24.4 Å². The van der Waals surface area contributed by atoms with Crippen LogP contribution in [0.5, 0.6) is 0 Å². The Hall–Kier alpha value is -3.34. The van der Waals surface area contributed by atoms with Gasteiger partial charge in [-0.1, -0.05) is 0 Å². The fraction of sp³-hybridized carbons (Fsp3) is 0.444. The van der Waals surface area contributed by atoms with Crippen LogP contribution in [0.1, 0.15) is 22.5 Å². The molecule has 0 saturated heterocycles. The number of nitro groups is 1. The molecule has 0 spiro atoms. The third-order valence-corrected chi connectivity index (χ3v) is 4.11. The van der Waals surface area contributed by atoms with Crippen molar-refractivity contribution in [2.24, 2.45) is 5.92 Å². The van der Waals surface area contributed by atoms with Crippen molar-refractivity contribution in [1.29, 1.82) is 0 Å². The molecule has 0 aliphatic carbocycles. The number of amides is 1. The summed E-state index contributed by atoms with van der Waals surface area (Å²) in [5, 5.41) is 26.5. The summed E-state index contributed by atoms with van der Waals surface area (Å²) in [6, 6.07) is 1.34. The number of pyridine rings is 1. The van der Waals surface area contributed by atoms with Gasteiger partial charge >= 0.3 is 11.9 Å². The first-order valence-corrected chi connectivity index (χ1v) is 8.68. The molecule has 0 aromatic carbocycles. The first-order valence-electron chi connectivity index (χ1n) is 8.68. The molecule has 2 N–H and O–H groups in total. The summed E-state index contributed by atoms with van der Waals surface area (Å²) < 4.78 is 0. The normalized spacial score (nSPS) is 16.1. The van der Waals surface area contributed by atoms with Crippen molar-refractivity contribution in [3.05, 3.63) is 45.8 Å². The van der Waals surface area contributed by atoms with E-state index in [0.29, 0.717) is 42.3 Å². The smallest absolute Gasteiger partial charge is 0.328 e. The Balaban J connectivity index is 0.000000447. The molecule has 0 saturated carbocycles. The van der Waals surface area contributed by atoms with Crippen LogP contribution in [0.25, 0.3) is 0 Å². The van der Waals surface area contributed by atoms with E-state index in [0.717, 1.165) is 13.0 Å². The standard InChI is InChI=1S/C14H20N4O3.C4H4O4/c1-16(2)5-4-10-6-13-12(14(19)17(3)9-10)7-11(8-15-13)18(20)21;5-3(6)1-2-4(7)8/h7-8,10H,4-6,9H2,1-3H3;1-2H,(H,5,6)(H,7,8)/b;2-1+. The van der Waals surface area contributed by atoms with E-state index in [9.17, 15) is 24.5 Å². The summed E-state index contributed by atoms with van der Waals surface area (Å²) in [6.45, 7) is 1.59. The monoisotopic (exact) mass is 408 g/mol. The maximum atomic E-state index is 12.3. The topological polar surface area (TPSA) is 154 Å². The lowest BCUT2D eigenvalue weighted by molar-refractivity contribution is -0.385. The predicted octanol–water partition coefficient (Wildman–Crippen LogP) is 0.898. The molecule has 1 aliphatic heterocycles. The highest BCUT2D eigenvalue weighted by molar-refractivity contribution is 5.96. The number of nitrogens with zero attached hydrogens (tertiary/aromatic N) is 4. The van der Waals surface area contributed by atoms with Gasteiger partial charge in [0.25, 0.3) is 11.6 Å². The molecule has 11 heteroatoms. The van der Waals surface area contributed by atoms with Crippen LogP contribution in [0.2, 0.25) is 0 Å². The van der Waals surface area contributed by atoms with Crippen LogP contribution in [-0.4, -0.2) is 82.0 Å². The highest BCUT2D eigenvalue weighted by Crippen LogP contribution is 2.24. The number of carbonyl (C=O) groups excluding carboxylic acids is 1. The van der Waals surface area contributed by atoms with Crippen molar-refractivity contribution < 1.29 is 29.5 Å². The number of rotatable bonds is 6. The Morgan fingerprint density at radius 1 is 1.34 bits per heavy atom. The molecule has 158 valence electrons. The van der Waals surface area contributed by atoms with Gasteiger partial charge in [-0.15, -0.1) is 0 Å². The molecule has 29 heavy (non-hydrogen) atoms. The number of hydrogen-bond acceptors (Lipinski definition) is 7. The van der Waals surface area contributed by atoms with Crippen LogP contribution in [0.3, 0.4) is 0 Å². The van der Waals surface area contributed by atoms with Gasteiger partial charge in [0.05, 0.1) is 16.2 Å². The molecule has 0 bridgehead atoms. The van der Waals surface area contributed by atoms with Crippen LogP contribution in [0, 0.1) is 16.0 Å². The molecule has 1 amide bonds. The van der Waals surface area contributed by atoms with Gasteiger partial charge in [-0.2, -0.15) is 0 Å². The summed E-state index contributed by atoms with van der Waals surface area (Å²) in [7, 11) is 5.77. The maximum Gasteiger partial charge on any atom is 0.328 e. The number of carboxylic acid groups (broad SMARTS) is 2. The van der Waals surface area contributed by atoms with Gasteiger partial charge in [0, 0.05) is 31.8 Å². The van der Waals surface area contributed by atoms with E-state index >= 15 is 0 Å². The molecular weight excluding hydrogens is 384 g/mol. The second kappa shape index (κ2) is 10.9. The summed E-state index contributed by atoms with van der Waals surface area (Å²) in [6.07, 6.45) is 3.99. The van der Waals surface area contributed by atoms with Gasteiger partial charge < -0.3 is 20.0 Å². The van der Waals surface area contributed by atoms with Crippen LogP contribution in [-0.2, 0) is 16.0 Å². The van der Waals surface area contributed by atoms with Gasteiger partial charge in [-0.3, -0.25) is 19.9 Å². The number of aliphatic carboxylic acids is 2. The lowest BCUT2D eigenvalue weighted by atomic mass is 9.98. The SMILES string of the molecule is CN(C)CCC1Cc2ncc([N+](=O)[O-])cc2C(=O)N(C)C1.O=C(O)/C=C/C(=O)O. The Bertz CT molecular complexity index is 791. The van der Waals surface area contributed by atoms with E-state index in [1.807, 2.05) is 14.1 Å². The second-order valence-electron chi connectivity index (χ2n) is 6.80. The van der Waals surface area contributed by atoms with E-state index in [-0.39, 0.29) is 11.6 Å². The van der Waals surface area contributed by atoms with E-state index in [4.69, 9.17) is 10.2 Å². The Labute approximate surface area is 167 Å². The Morgan fingerprint density at radius 3 is 2.41 bits per heavy atom. The molecule has 1 aromatic heterocycles. The van der Waals surface area contributed by atoms with Crippen molar-refractivity contribution in [3.63, 3.8) is 0 Å². The van der Waals surface area contributed by atoms with Gasteiger partial charge in [0.15, 0.2) is 0 Å². The number of fused-ring (bicyclic) bond motifs is 1. The maximum absolute atomic E-state index is 12.3. The van der Waals surface area contributed by atoms with Gasteiger partial charge in [-0.05, 0) is 39.4 Å². The molecule has 0 fully saturated rings. The molecule has 2 heterocycles. The highest BCUT2D eigenvalue weighted by atomic mass is 16.6. The lowest BCUT2D eigenvalue weighted by Crippen LogP contribution is -2.31. The number of aromatic nitrogens is 1. The van der Waals surface area contributed by atoms with E-state index in [1.165, 1.54) is 12.3 Å². The quantitative estimate of drug-likeness (QED) is 0.397. The first kappa shape index (κ1) is 23.7. The van der Waals surface area contributed by atoms with Crippen LogP contribution in [0.4, 0.5) is 5.69 Å². The molecule has 1 aromatic rings. The third kappa shape index (κ3) is 8.05. The van der Waals surface area contributed by atoms with Gasteiger partial charge in [0.2, 0.25) is 0 Å². The molecule has 1 unspecified atom stereocenters. The minimum Gasteiger partial charge on any atom is -0.478 e. The fourth-order valence-corrected chi connectivity index (χ4v) is 2.72. The summed E-state index contributed by atoms with van der Waals surface area (Å²) in [4.78, 5) is 49.7. The van der Waals surface area contributed by atoms with E-state index in [2.05, 4.69) is 9.88 Å². The molecule has 0 radical (unpaired) electrons. The average Bonchev–Trinajstić information content (AvgIpc) is 2.75. The van der Waals surface area contributed by atoms with E-state index in [1.54, 1.807) is 11.9 Å². The van der Waals surface area contributed by atoms with Crippen molar-refractivity contribution in [2.45, 2.75) is 12.8 Å². The zero-order valence-electron chi connectivity index (χ0n) is 16.4. The number of hydrogen-bond donors (Lipinski definition) is 2. The van der Waals surface area contributed by atoms with Gasteiger partial charge in [-0.25, -0.2) is 9.59 Å². The van der Waals surface area contributed by atoms with E-state index < -0.39 is 16.9 Å². The Kier molecular flexibility index (Phi) is 8.87. The summed E-state index contributed by atoms with van der Waals surface area (Å²) in [5.74, 6) is -2.38. The minimum absolute atomic E-state index is 0.137. The minimum atomic E-state index is -1.26.